The number of para-hydroxylation sites is 1. The number of ether oxygens (including phenoxy) is 1. The van der Waals surface area contributed by atoms with Gasteiger partial charge in [-0.1, -0.05) is 36.0 Å². The molecular weight excluding hydrogens is 420 g/mol. The van der Waals surface area contributed by atoms with E-state index in [-0.39, 0.29) is 11.7 Å². The maximum atomic E-state index is 13.2. The van der Waals surface area contributed by atoms with Gasteiger partial charge in [0.05, 0.1) is 34.9 Å². The van der Waals surface area contributed by atoms with Crippen LogP contribution >= 0.6 is 11.8 Å². The Bertz CT molecular complexity index is 1300. The zero-order valence-electron chi connectivity index (χ0n) is 18.3. The molecule has 1 atom stereocenters. The first-order valence-electron chi connectivity index (χ1n) is 10.9. The second-order valence-electron chi connectivity index (χ2n) is 8.26. The van der Waals surface area contributed by atoms with Crippen molar-refractivity contribution in [1.29, 1.82) is 0 Å². The number of aromatic nitrogens is 4. The van der Waals surface area contributed by atoms with Gasteiger partial charge in [0, 0.05) is 18.1 Å². The number of hydrogen-bond donors (Lipinski definition) is 0. The average molecular weight is 447 g/mol. The SMILES string of the molecule is Cc1cc(C)n(-c2ccc(CSc3nc4ccccc4c(=O)n3CC3CCCO3)cc2)n1. The van der Waals surface area contributed by atoms with Gasteiger partial charge in [-0.3, -0.25) is 9.36 Å². The van der Waals surface area contributed by atoms with Gasteiger partial charge < -0.3 is 4.74 Å². The molecule has 1 aliphatic heterocycles. The molecule has 0 aliphatic carbocycles. The summed E-state index contributed by atoms with van der Waals surface area (Å²) in [7, 11) is 0. The highest BCUT2D eigenvalue weighted by atomic mass is 32.2. The van der Waals surface area contributed by atoms with Gasteiger partial charge in [0.1, 0.15) is 0 Å². The molecule has 7 heteroatoms. The van der Waals surface area contributed by atoms with Crippen LogP contribution in [0.4, 0.5) is 0 Å². The second kappa shape index (κ2) is 8.92. The minimum absolute atomic E-state index is 0.00785. The van der Waals surface area contributed by atoms with Crippen LogP contribution in [0, 0.1) is 13.8 Å². The summed E-state index contributed by atoms with van der Waals surface area (Å²) in [5, 5.41) is 5.95. The number of aryl methyl sites for hydroxylation is 2. The molecule has 6 nitrogen and oxygen atoms in total. The molecule has 0 amide bonds. The molecule has 3 heterocycles. The summed E-state index contributed by atoms with van der Waals surface area (Å²) in [6.07, 6.45) is 2.11. The molecule has 0 bridgehead atoms. The smallest absolute Gasteiger partial charge is 0.262 e. The van der Waals surface area contributed by atoms with E-state index in [2.05, 4.69) is 42.4 Å². The molecule has 164 valence electrons. The van der Waals surface area contributed by atoms with Gasteiger partial charge in [0.25, 0.3) is 5.56 Å². The summed E-state index contributed by atoms with van der Waals surface area (Å²) < 4.78 is 9.56. The molecule has 0 radical (unpaired) electrons. The summed E-state index contributed by atoms with van der Waals surface area (Å²) in [6.45, 7) is 5.38. The number of rotatable bonds is 6. The molecule has 4 aromatic rings. The number of hydrogen-bond acceptors (Lipinski definition) is 5. The van der Waals surface area contributed by atoms with Crippen LogP contribution in [-0.4, -0.2) is 32.0 Å². The van der Waals surface area contributed by atoms with E-state index in [0.717, 1.165) is 52.9 Å². The first-order chi connectivity index (χ1) is 15.6. The second-order valence-corrected chi connectivity index (χ2v) is 9.20. The van der Waals surface area contributed by atoms with Gasteiger partial charge in [-0.15, -0.1) is 0 Å². The Morgan fingerprint density at radius 1 is 1.12 bits per heavy atom. The van der Waals surface area contributed by atoms with Gasteiger partial charge in [-0.2, -0.15) is 5.10 Å². The van der Waals surface area contributed by atoms with E-state index in [4.69, 9.17) is 9.72 Å². The monoisotopic (exact) mass is 446 g/mol. The molecule has 1 saturated heterocycles. The predicted molar refractivity (Wildman–Crippen MR) is 128 cm³/mol. The first-order valence-corrected chi connectivity index (χ1v) is 11.9. The standard InChI is InChI=1S/C25H26N4O2S/c1-17-14-18(2)29(27-17)20-11-9-19(10-12-20)16-32-25-26-23-8-4-3-7-22(23)24(30)28(25)15-21-6-5-13-31-21/h3-4,7-12,14,21H,5-6,13,15-16H2,1-2H3. The minimum Gasteiger partial charge on any atom is -0.376 e. The van der Waals surface area contributed by atoms with E-state index in [1.807, 2.05) is 35.9 Å². The van der Waals surface area contributed by atoms with E-state index in [0.29, 0.717) is 11.9 Å². The summed E-state index contributed by atoms with van der Waals surface area (Å²) >= 11 is 1.60. The fourth-order valence-electron chi connectivity index (χ4n) is 4.18. The minimum atomic E-state index is 0.00785. The zero-order valence-corrected chi connectivity index (χ0v) is 19.1. The lowest BCUT2D eigenvalue weighted by molar-refractivity contribution is 0.0937. The Labute approximate surface area is 191 Å². The van der Waals surface area contributed by atoms with E-state index >= 15 is 0 Å². The van der Waals surface area contributed by atoms with Gasteiger partial charge in [-0.05, 0) is 62.6 Å². The van der Waals surface area contributed by atoms with Crippen molar-refractivity contribution in [2.24, 2.45) is 0 Å². The number of thioether (sulfide) groups is 1. The van der Waals surface area contributed by atoms with Crippen LogP contribution in [0.3, 0.4) is 0 Å². The summed E-state index contributed by atoms with van der Waals surface area (Å²) in [4.78, 5) is 18.1. The predicted octanol–water partition coefficient (Wildman–Crippen LogP) is 4.67. The molecule has 2 aromatic heterocycles. The third-order valence-electron chi connectivity index (χ3n) is 5.80. The molecule has 2 aromatic carbocycles. The van der Waals surface area contributed by atoms with Crippen molar-refractivity contribution in [2.45, 2.75) is 50.2 Å². The Kier molecular flexibility index (Phi) is 5.85. The van der Waals surface area contributed by atoms with Crippen molar-refractivity contribution in [3.63, 3.8) is 0 Å². The Hall–Kier alpha value is -2.90. The van der Waals surface area contributed by atoms with Gasteiger partial charge in [0.2, 0.25) is 0 Å². The van der Waals surface area contributed by atoms with Crippen LogP contribution in [0.15, 0.2) is 64.5 Å². The normalized spacial score (nSPS) is 16.1. The van der Waals surface area contributed by atoms with E-state index in [1.54, 1.807) is 16.3 Å². The average Bonchev–Trinajstić information content (AvgIpc) is 3.44. The fourth-order valence-corrected chi connectivity index (χ4v) is 5.15. The Balaban J connectivity index is 1.40. The Morgan fingerprint density at radius 2 is 1.94 bits per heavy atom. The third-order valence-corrected chi connectivity index (χ3v) is 6.84. The van der Waals surface area contributed by atoms with Crippen LogP contribution in [0.1, 0.15) is 29.8 Å². The highest BCUT2D eigenvalue weighted by Gasteiger charge is 2.20. The van der Waals surface area contributed by atoms with Crippen molar-refractivity contribution in [3.05, 3.63) is 81.9 Å². The molecule has 0 spiro atoms. The van der Waals surface area contributed by atoms with Crippen LogP contribution in [0.2, 0.25) is 0 Å². The van der Waals surface area contributed by atoms with Crippen molar-refractivity contribution in [3.8, 4) is 5.69 Å². The summed E-state index contributed by atoms with van der Waals surface area (Å²) in [5.74, 6) is 0.730. The summed E-state index contributed by atoms with van der Waals surface area (Å²) in [6, 6.07) is 18.0. The van der Waals surface area contributed by atoms with Crippen molar-refractivity contribution >= 4 is 22.7 Å². The van der Waals surface area contributed by atoms with Crippen LogP contribution in [0.5, 0.6) is 0 Å². The molecule has 1 unspecified atom stereocenters. The molecule has 0 saturated carbocycles. The van der Waals surface area contributed by atoms with E-state index in [1.165, 1.54) is 5.56 Å². The van der Waals surface area contributed by atoms with Crippen molar-refractivity contribution in [2.75, 3.05) is 6.61 Å². The lowest BCUT2D eigenvalue weighted by Crippen LogP contribution is -2.28. The van der Waals surface area contributed by atoms with E-state index in [9.17, 15) is 4.79 Å². The van der Waals surface area contributed by atoms with Gasteiger partial charge in [0.15, 0.2) is 5.16 Å². The zero-order chi connectivity index (χ0) is 22.1. The molecule has 5 rings (SSSR count). The molecule has 0 N–H and O–H groups in total. The lowest BCUT2D eigenvalue weighted by atomic mass is 10.2. The summed E-state index contributed by atoms with van der Waals surface area (Å²) in [5.41, 5.74) is 5.09. The maximum absolute atomic E-state index is 13.2. The largest absolute Gasteiger partial charge is 0.376 e. The fraction of sp³-hybridized carbons (Fsp3) is 0.320. The highest BCUT2D eigenvalue weighted by molar-refractivity contribution is 7.98. The highest BCUT2D eigenvalue weighted by Crippen LogP contribution is 2.25. The van der Waals surface area contributed by atoms with Crippen LogP contribution in [-0.2, 0) is 17.0 Å². The number of nitrogens with zero attached hydrogens (tertiary/aromatic N) is 4. The molecule has 32 heavy (non-hydrogen) atoms. The topological polar surface area (TPSA) is 61.9 Å². The number of fused-ring (bicyclic) bond motifs is 1. The van der Waals surface area contributed by atoms with Crippen LogP contribution in [0.25, 0.3) is 16.6 Å². The Morgan fingerprint density at radius 3 is 2.66 bits per heavy atom. The quantitative estimate of drug-likeness (QED) is 0.318. The maximum Gasteiger partial charge on any atom is 0.262 e. The molecular formula is C25H26N4O2S. The number of benzene rings is 2. The van der Waals surface area contributed by atoms with Crippen molar-refractivity contribution < 1.29 is 4.74 Å². The van der Waals surface area contributed by atoms with E-state index < -0.39 is 0 Å². The van der Waals surface area contributed by atoms with Gasteiger partial charge >= 0.3 is 0 Å². The molecule has 1 aliphatic rings. The third kappa shape index (κ3) is 4.23. The molecule has 1 fully saturated rings. The lowest BCUT2D eigenvalue weighted by Gasteiger charge is -2.16. The van der Waals surface area contributed by atoms with Crippen LogP contribution < -0.4 is 5.56 Å². The van der Waals surface area contributed by atoms with Gasteiger partial charge in [-0.25, -0.2) is 9.67 Å². The first kappa shape index (κ1) is 21.0. The van der Waals surface area contributed by atoms with Crippen molar-refractivity contribution in [1.82, 2.24) is 19.3 Å².